The number of hydrogen-bond donors (Lipinski definition) is 0. The summed E-state index contributed by atoms with van der Waals surface area (Å²) in [6.45, 7) is 15.3. The second-order valence-electron chi connectivity index (χ2n) is 7.33. The lowest BCUT2D eigenvalue weighted by Gasteiger charge is -2.33. The summed E-state index contributed by atoms with van der Waals surface area (Å²) < 4.78 is 0. The van der Waals surface area contributed by atoms with Gasteiger partial charge in [-0.25, -0.2) is 0 Å². The highest BCUT2D eigenvalue weighted by Gasteiger charge is 2.61. The van der Waals surface area contributed by atoms with Gasteiger partial charge >= 0.3 is 0 Å². The zero-order valence-electron chi connectivity index (χ0n) is 15.5. The molecule has 4 heteroatoms. The van der Waals surface area contributed by atoms with Crippen LogP contribution in [-0.2, 0) is 9.59 Å². The van der Waals surface area contributed by atoms with Crippen LogP contribution in [0.2, 0.25) is 0 Å². The van der Waals surface area contributed by atoms with Gasteiger partial charge in [0, 0.05) is 26.2 Å². The second-order valence-corrected chi connectivity index (χ2v) is 7.33. The van der Waals surface area contributed by atoms with E-state index in [0.717, 1.165) is 0 Å². The highest BCUT2D eigenvalue weighted by molar-refractivity contribution is 5.90. The van der Waals surface area contributed by atoms with Gasteiger partial charge in [0.15, 0.2) is 0 Å². The van der Waals surface area contributed by atoms with Crippen molar-refractivity contribution in [1.82, 2.24) is 9.80 Å². The van der Waals surface area contributed by atoms with Gasteiger partial charge in [-0.15, -0.1) is 0 Å². The number of fused-ring (bicyclic) bond motifs is 2. The maximum absolute atomic E-state index is 13.1. The molecule has 4 unspecified atom stereocenters. The van der Waals surface area contributed by atoms with E-state index in [1.54, 1.807) is 0 Å². The molecule has 2 rings (SSSR count). The molecule has 0 aromatic carbocycles. The van der Waals surface area contributed by atoms with Gasteiger partial charge in [-0.05, 0) is 44.9 Å². The molecule has 0 heterocycles. The molecule has 2 aliphatic rings. The van der Waals surface area contributed by atoms with Gasteiger partial charge in [-0.3, -0.25) is 9.59 Å². The van der Waals surface area contributed by atoms with Crippen LogP contribution < -0.4 is 0 Å². The van der Waals surface area contributed by atoms with Crippen molar-refractivity contribution in [3.8, 4) is 0 Å². The maximum atomic E-state index is 13.1. The standard InChI is InChI=1S/C19H32N2O2/c1-7-20(8-2)17(22)15-13-11-12-14(19(13,5)6)16(15)18(23)21(9-3)10-4/h11-16H,7-10H2,1-6H3. The summed E-state index contributed by atoms with van der Waals surface area (Å²) in [5.41, 5.74) is -0.0129. The lowest BCUT2D eigenvalue weighted by atomic mass is 9.79. The van der Waals surface area contributed by atoms with Gasteiger partial charge in [-0.1, -0.05) is 26.0 Å². The van der Waals surface area contributed by atoms with Gasteiger partial charge in [0.2, 0.25) is 11.8 Å². The van der Waals surface area contributed by atoms with E-state index in [9.17, 15) is 9.59 Å². The van der Waals surface area contributed by atoms with E-state index in [0.29, 0.717) is 26.2 Å². The maximum Gasteiger partial charge on any atom is 0.227 e. The number of carbonyl (C=O) groups is 2. The average Bonchev–Trinajstić information content (AvgIpc) is 2.95. The van der Waals surface area contributed by atoms with Gasteiger partial charge in [0.25, 0.3) is 0 Å². The van der Waals surface area contributed by atoms with E-state index < -0.39 is 0 Å². The minimum absolute atomic E-state index is 0.0129. The molecular formula is C19H32N2O2. The Morgan fingerprint density at radius 2 is 1.09 bits per heavy atom. The van der Waals surface area contributed by atoms with Gasteiger partial charge in [0.05, 0.1) is 11.8 Å². The van der Waals surface area contributed by atoms with Crippen molar-refractivity contribution in [2.45, 2.75) is 41.5 Å². The first-order valence-electron chi connectivity index (χ1n) is 9.10. The van der Waals surface area contributed by atoms with Gasteiger partial charge in [0.1, 0.15) is 0 Å². The van der Waals surface area contributed by atoms with Crippen molar-refractivity contribution >= 4 is 11.8 Å². The van der Waals surface area contributed by atoms with Crippen molar-refractivity contribution in [2.24, 2.45) is 29.1 Å². The van der Waals surface area contributed by atoms with Crippen molar-refractivity contribution in [3.63, 3.8) is 0 Å². The van der Waals surface area contributed by atoms with Crippen molar-refractivity contribution in [3.05, 3.63) is 12.2 Å². The van der Waals surface area contributed by atoms with Crippen LogP contribution in [0.15, 0.2) is 12.2 Å². The Labute approximate surface area is 140 Å². The topological polar surface area (TPSA) is 40.6 Å². The molecule has 0 aliphatic heterocycles. The molecule has 1 fully saturated rings. The van der Waals surface area contributed by atoms with E-state index in [1.807, 2.05) is 37.5 Å². The number of nitrogens with zero attached hydrogens (tertiary/aromatic N) is 2. The monoisotopic (exact) mass is 320 g/mol. The normalized spacial score (nSPS) is 30.5. The van der Waals surface area contributed by atoms with Gasteiger partial charge < -0.3 is 9.80 Å². The third kappa shape index (κ3) is 2.70. The first kappa shape index (κ1) is 18.0. The molecule has 0 saturated heterocycles. The quantitative estimate of drug-likeness (QED) is 0.706. The van der Waals surface area contributed by atoms with Gasteiger partial charge in [-0.2, -0.15) is 0 Å². The van der Waals surface area contributed by atoms with Crippen molar-refractivity contribution in [1.29, 1.82) is 0 Å². The average molecular weight is 320 g/mol. The van der Waals surface area contributed by atoms with Crippen LogP contribution in [-0.4, -0.2) is 47.8 Å². The zero-order valence-corrected chi connectivity index (χ0v) is 15.5. The first-order valence-corrected chi connectivity index (χ1v) is 9.10. The Morgan fingerprint density at radius 3 is 1.35 bits per heavy atom. The van der Waals surface area contributed by atoms with E-state index in [1.165, 1.54) is 0 Å². The predicted molar refractivity (Wildman–Crippen MR) is 92.7 cm³/mol. The first-order chi connectivity index (χ1) is 10.8. The summed E-state index contributed by atoms with van der Waals surface area (Å²) in [7, 11) is 0. The number of carbonyl (C=O) groups excluding carboxylic acids is 2. The fourth-order valence-corrected chi connectivity index (χ4v) is 4.68. The fraction of sp³-hybridized carbons (Fsp3) is 0.789. The Balaban J connectivity index is 2.39. The Kier molecular flexibility index (Phi) is 5.22. The van der Waals surface area contributed by atoms with E-state index >= 15 is 0 Å². The molecule has 2 amide bonds. The summed E-state index contributed by atoms with van der Waals surface area (Å²) in [6.07, 6.45) is 4.37. The van der Waals surface area contributed by atoms with Crippen LogP contribution in [0, 0.1) is 29.1 Å². The summed E-state index contributed by atoms with van der Waals surface area (Å²) in [4.78, 5) is 30.0. The molecule has 1 saturated carbocycles. The van der Waals surface area contributed by atoms with Crippen LogP contribution in [0.1, 0.15) is 41.5 Å². The molecule has 0 spiro atoms. The molecule has 2 aliphatic carbocycles. The number of hydrogen-bond acceptors (Lipinski definition) is 2. The molecule has 4 atom stereocenters. The molecular weight excluding hydrogens is 288 g/mol. The second kappa shape index (κ2) is 6.66. The summed E-state index contributed by atoms with van der Waals surface area (Å²) in [6, 6.07) is 0. The molecule has 0 radical (unpaired) electrons. The van der Waals surface area contributed by atoms with E-state index in [2.05, 4.69) is 26.0 Å². The molecule has 4 nitrogen and oxygen atoms in total. The van der Waals surface area contributed by atoms with Crippen LogP contribution >= 0.6 is 0 Å². The molecule has 0 aromatic heterocycles. The number of rotatable bonds is 6. The molecule has 0 aromatic rings. The van der Waals surface area contributed by atoms with Crippen LogP contribution in [0.4, 0.5) is 0 Å². The van der Waals surface area contributed by atoms with Crippen LogP contribution in [0.25, 0.3) is 0 Å². The summed E-state index contributed by atoms with van der Waals surface area (Å²) in [5, 5.41) is 0. The molecule has 2 bridgehead atoms. The molecule has 130 valence electrons. The van der Waals surface area contributed by atoms with Crippen LogP contribution in [0.3, 0.4) is 0 Å². The van der Waals surface area contributed by atoms with Crippen molar-refractivity contribution < 1.29 is 9.59 Å². The summed E-state index contributed by atoms with van der Waals surface area (Å²) >= 11 is 0. The smallest absolute Gasteiger partial charge is 0.227 e. The Hall–Kier alpha value is -1.32. The van der Waals surface area contributed by atoms with Crippen molar-refractivity contribution in [2.75, 3.05) is 26.2 Å². The number of amides is 2. The third-order valence-corrected chi connectivity index (χ3v) is 6.13. The predicted octanol–water partition coefficient (Wildman–Crippen LogP) is 2.80. The SMILES string of the molecule is CCN(CC)C(=O)C1C(C(=O)N(CC)CC)C2C=CC1C2(C)C. The largest absolute Gasteiger partial charge is 0.343 e. The minimum atomic E-state index is -0.201. The van der Waals surface area contributed by atoms with E-state index in [4.69, 9.17) is 0 Å². The lowest BCUT2D eigenvalue weighted by molar-refractivity contribution is -0.146. The lowest BCUT2D eigenvalue weighted by Crippen LogP contribution is -2.47. The molecule has 0 N–H and O–H groups in total. The minimum Gasteiger partial charge on any atom is -0.343 e. The summed E-state index contributed by atoms with van der Waals surface area (Å²) in [5.74, 6) is 0.257. The highest BCUT2D eigenvalue weighted by atomic mass is 16.2. The number of allylic oxidation sites excluding steroid dienone is 2. The zero-order chi connectivity index (χ0) is 17.4. The molecule has 23 heavy (non-hydrogen) atoms. The highest BCUT2D eigenvalue weighted by Crippen LogP contribution is 2.60. The Morgan fingerprint density at radius 1 is 0.783 bits per heavy atom. The third-order valence-electron chi connectivity index (χ3n) is 6.13. The fourth-order valence-electron chi connectivity index (χ4n) is 4.68. The van der Waals surface area contributed by atoms with Crippen LogP contribution in [0.5, 0.6) is 0 Å². The Bertz CT molecular complexity index is 448. The van der Waals surface area contributed by atoms with E-state index in [-0.39, 0.29) is 40.9 Å².